The maximum absolute atomic E-state index is 13.0. The van der Waals surface area contributed by atoms with Gasteiger partial charge in [-0.25, -0.2) is 0 Å². The van der Waals surface area contributed by atoms with E-state index in [1.54, 1.807) is 7.11 Å². The summed E-state index contributed by atoms with van der Waals surface area (Å²) in [6, 6.07) is -0.179. The molecule has 0 bridgehead atoms. The van der Waals surface area contributed by atoms with Crippen LogP contribution in [0.15, 0.2) is 0 Å². The van der Waals surface area contributed by atoms with Gasteiger partial charge in [0, 0.05) is 13.2 Å². The summed E-state index contributed by atoms with van der Waals surface area (Å²) in [7, 11) is 1.55. The van der Waals surface area contributed by atoms with Crippen molar-refractivity contribution in [2.75, 3.05) is 20.3 Å². The fourth-order valence-corrected chi connectivity index (χ4v) is 2.89. The summed E-state index contributed by atoms with van der Waals surface area (Å²) in [6.45, 7) is 3.12. The van der Waals surface area contributed by atoms with Gasteiger partial charge in [-0.05, 0) is 31.7 Å². The van der Waals surface area contributed by atoms with Crippen LogP contribution in [-0.4, -0.2) is 32.5 Å². The standard InChI is InChI=1S/C13H24F3NO/c1-3-8-17-12(9-18-2)10-6-4-5-7-11(10)13(14,15)16/h10-12,17H,3-9H2,1-2H3. The van der Waals surface area contributed by atoms with Gasteiger partial charge in [0.25, 0.3) is 0 Å². The van der Waals surface area contributed by atoms with Gasteiger partial charge >= 0.3 is 6.18 Å². The molecule has 0 heterocycles. The van der Waals surface area contributed by atoms with Gasteiger partial charge in [-0.1, -0.05) is 19.8 Å². The number of halogens is 3. The van der Waals surface area contributed by atoms with E-state index in [0.29, 0.717) is 19.4 Å². The van der Waals surface area contributed by atoms with Crippen LogP contribution in [-0.2, 0) is 4.74 Å². The minimum absolute atomic E-state index is 0.179. The molecule has 108 valence electrons. The van der Waals surface area contributed by atoms with Gasteiger partial charge in [-0.3, -0.25) is 0 Å². The van der Waals surface area contributed by atoms with Crippen LogP contribution < -0.4 is 5.32 Å². The zero-order valence-corrected chi connectivity index (χ0v) is 11.2. The third-order valence-corrected chi connectivity index (χ3v) is 3.76. The number of ether oxygens (including phenoxy) is 1. The fourth-order valence-electron chi connectivity index (χ4n) is 2.89. The van der Waals surface area contributed by atoms with Gasteiger partial charge in [0.2, 0.25) is 0 Å². The van der Waals surface area contributed by atoms with Crippen LogP contribution in [0.1, 0.15) is 39.0 Å². The van der Waals surface area contributed by atoms with Crippen molar-refractivity contribution in [1.29, 1.82) is 0 Å². The molecule has 5 heteroatoms. The summed E-state index contributed by atoms with van der Waals surface area (Å²) < 4.78 is 44.2. The number of rotatable bonds is 6. The van der Waals surface area contributed by atoms with E-state index in [1.165, 1.54) is 0 Å². The van der Waals surface area contributed by atoms with Crippen LogP contribution in [0.3, 0.4) is 0 Å². The molecule has 18 heavy (non-hydrogen) atoms. The highest BCUT2D eigenvalue weighted by Crippen LogP contribution is 2.42. The zero-order chi connectivity index (χ0) is 13.6. The minimum Gasteiger partial charge on any atom is -0.383 e. The Morgan fingerprint density at radius 2 is 1.94 bits per heavy atom. The van der Waals surface area contributed by atoms with Crippen LogP contribution >= 0.6 is 0 Å². The highest BCUT2D eigenvalue weighted by molar-refractivity contribution is 4.88. The zero-order valence-electron chi connectivity index (χ0n) is 11.2. The van der Waals surface area contributed by atoms with E-state index >= 15 is 0 Å². The van der Waals surface area contributed by atoms with E-state index in [-0.39, 0.29) is 18.4 Å². The smallest absolute Gasteiger partial charge is 0.383 e. The number of hydrogen-bond acceptors (Lipinski definition) is 2. The van der Waals surface area contributed by atoms with Crippen molar-refractivity contribution in [2.45, 2.75) is 51.2 Å². The average Bonchev–Trinajstić information content (AvgIpc) is 2.33. The van der Waals surface area contributed by atoms with Crippen molar-refractivity contribution in [3.63, 3.8) is 0 Å². The maximum Gasteiger partial charge on any atom is 0.392 e. The second-order valence-corrected chi connectivity index (χ2v) is 5.11. The minimum atomic E-state index is -4.08. The molecule has 1 N–H and O–H groups in total. The first-order valence-corrected chi connectivity index (χ1v) is 6.79. The summed E-state index contributed by atoms with van der Waals surface area (Å²) in [5, 5.41) is 3.22. The van der Waals surface area contributed by atoms with Crippen molar-refractivity contribution in [2.24, 2.45) is 11.8 Å². The monoisotopic (exact) mass is 267 g/mol. The summed E-state index contributed by atoms with van der Waals surface area (Å²) in [4.78, 5) is 0. The lowest BCUT2D eigenvalue weighted by molar-refractivity contribution is -0.200. The molecular weight excluding hydrogens is 243 g/mol. The lowest BCUT2D eigenvalue weighted by Crippen LogP contribution is -2.48. The Morgan fingerprint density at radius 3 is 2.50 bits per heavy atom. The Morgan fingerprint density at radius 1 is 1.28 bits per heavy atom. The third kappa shape index (κ3) is 4.43. The number of alkyl halides is 3. The molecule has 0 spiro atoms. The molecule has 2 nitrogen and oxygen atoms in total. The molecule has 0 aromatic rings. The van der Waals surface area contributed by atoms with Crippen molar-refractivity contribution in [1.82, 2.24) is 5.32 Å². The Labute approximate surface area is 107 Å². The lowest BCUT2D eigenvalue weighted by atomic mass is 9.75. The molecule has 1 rings (SSSR count). The highest BCUT2D eigenvalue weighted by atomic mass is 19.4. The van der Waals surface area contributed by atoms with Crippen molar-refractivity contribution in [3.05, 3.63) is 0 Å². The molecule has 0 aromatic carbocycles. The predicted octanol–water partition coefficient (Wildman–Crippen LogP) is 3.37. The van der Waals surface area contributed by atoms with E-state index in [2.05, 4.69) is 5.32 Å². The number of hydrogen-bond donors (Lipinski definition) is 1. The van der Waals surface area contributed by atoms with Crippen LogP contribution in [0.5, 0.6) is 0 Å². The molecule has 0 radical (unpaired) electrons. The predicted molar refractivity (Wildman–Crippen MR) is 65.5 cm³/mol. The fraction of sp³-hybridized carbons (Fsp3) is 1.00. The van der Waals surface area contributed by atoms with Gasteiger partial charge < -0.3 is 10.1 Å². The van der Waals surface area contributed by atoms with Gasteiger partial charge in [0.1, 0.15) is 0 Å². The van der Waals surface area contributed by atoms with Gasteiger partial charge in [-0.2, -0.15) is 13.2 Å². The molecule has 0 aliphatic heterocycles. The summed E-state index contributed by atoms with van der Waals surface area (Å²) in [5.74, 6) is -1.51. The number of methoxy groups -OCH3 is 1. The molecule has 0 saturated heterocycles. The Hall–Kier alpha value is -0.290. The summed E-state index contributed by atoms with van der Waals surface area (Å²) >= 11 is 0. The Kier molecular flexibility index (Phi) is 6.43. The van der Waals surface area contributed by atoms with Gasteiger partial charge in [0.05, 0.1) is 12.5 Å². The quantitative estimate of drug-likeness (QED) is 0.796. The molecule has 1 aliphatic carbocycles. The van der Waals surface area contributed by atoms with Crippen LogP contribution in [0.25, 0.3) is 0 Å². The van der Waals surface area contributed by atoms with E-state index in [0.717, 1.165) is 19.4 Å². The first-order valence-electron chi connectivity index (χ1n) is 6.79. The normalized spacial score (nSPS) is 27.2. The molecule has 0 amide bonds. The van der Waals surface area contributed by atoms with Crippen molar-refractivity contribution < 1.29 is 17.9 Å². The summed E-state index contributed by atoms with van der Waals surface area (Å²) in [6.07, 6.45) is -0.662. The molecular formula is C13H24F3NO. The molecule has 1 aliphatic rings. The second-order valence-electron chi connectivity index (χ2n) is 5.11. The summed E-state index contributed by atoms with van der Waals surface area (Å²) in [5.41, 5.74) is 0. The molecule has 3 unspecified atom stereocenters. The van der Waals surface area contributed by atoms with Crippen LogP contribution in [0, 0.1) is 11.8 Å². The molecule has 1 fully saturated rings. The van der Waals surface area contributed by atoms with Crippen LogP contribution in [0.4, 0.5) is 13.2 Å². The topological polar surface area (TPSA) is 21.3 Å². The highest BCUT2D eigenvalue weighted by Gasteiger charge is 2.47. The average molecular weight is 267 g/mol. The third-order valence-electron chi connectivity index (χ3n) is 3.76. The Bertz CT molecular complexity index is 233. The second kappa shape index (κ2) is 7.34. The lowest BCUT2D eigenvalue weighted by Gasteiger charge is -2.38. The van der Waals surface area contributed by atoms with E-state index in [4.69, 9.17) is 4.74 Å². The molecule has 1 saturated carbocycles. The van der Waals surface area contributed by atoms with E-state index < -0.39 is 12.1 Å². The first kappa shape index (κ1) is 15.8. The van der Waals surface area contributed by atoms with Crippen molar-refractivity contribution in [3.8, 4) is 0 Å². The molecule has 0 aromatic heterocycles. The van der Waals surface area contributed by atoms with Crippen LogP contribution in [0.2, 0.25) is 0 Å². The number of nitrogens with one attached hydrogen (secondary N) is 1. The van der Waals surface area contributed by atoms with E-state index in [1.807, 2.05) is 6.92 Å². The van der Waals surface area contributed by atoms with E-state index in [9.17, 15) is 13.2 Å². The maximum atomic E-state index is 13.0. The Balaban J connectivity index is 2.71. The largest absolute Gasteiger partial charge is 0.392 e. The van der Waals surface area contributed by atoms with Gasteiger partial charge in [0.15, 0.2) is 0 Å². The molecule has 3 atom stereocenters. The first-order chi connectivity index (χ1) is 8.50. The van der Waals surface area contributed by atoms with Gasteiger partial charge in [-0.15, -0.1) is 0 Å². The van der Waals surface area contributed by atoms with Crippen molar-refractivity contribution >= 4 is 0 Å². The SMILES string of the molecule is CCCNC(COC)C1CCCCC1C(F)(F)F.